The Balaban J connectivity index is 3.83. The third-order valence-electron chi connectivity index (χ3n) is 1.52. The molecule has 0 aliphatic heterocycles. The second-order valence-electron chi connectivity index (χ2n) is 3.32. The molecule has 10 heteroatoms. The molecule has 0 saturated heterocycles. The standard InChI is InChI=1S/C7H17N4O5P/c1-5(8)11-16-3-2-6(9)7(12)10-4-17(13,14)15/h6H,2-4,9H2,1H3,(H2,8,11)(H,10,12)(H2,13,14,15)/t6-/m0/s1. The van der Waals surface area contributed by atoms with Crippen molar-refractivity contribution >= 4 is 19.3 Å². The number of nitrogens with one attached hydrogen (secondary N) is 1. The van der Waals surface area contributed by atoms with Crippen LogP contribution in [0.2, 0.25) is 0 Å². The van der Waals surface area contributed by atoms with E-state index in [1.165, 1.54) is 6.92 Å². The van der Waals surface area contributed by atoms with Crippen molar-refractivity contribution in [2.45, 2.75) is 19.4 Å². The molecule has 0 radical (unpaired) electrons. The summed E-state index contributed by atoms with van der Waals surface area (Å²) in [6.07, 6.45) is -0.579. The fraction of sp³-hybridized carbons (Fsp3) is 0.714. The molecule has 0 bridgehead atoms. The Hall–Kier alpha value is -1.15. The topological polar surface area (TPSA) is 160 Å². The summed E-state index contributed by atoms with van der Waals surface area (Å²) < 4.78 is 10.5. The molecule has 0 spiro atoms. The van der Waals surface area contributed by atoms with E-state index >= 15 is 0 Å². The molecule has 100 valence electrons. The Morgan fingerprint density at radius 2 is 2.18 bits per heavy atom. The van der Waals surface area contributed by atoms with E-state index in [4.69, 9.17) is 26.1 Å². The van der Waals surface area contributed by atoms with Gasteiger partial charge >= 0.3 is 7.60 Å². The molecule has 0 aliphatic carbocycles. The normalized spacial score (nSPS) is 14.2. The Labute approximate surface area is 98.3 Å². The third kappa shape index (κ3) is 9.76. The van der Waals surface area contributed by atoms with Crippen molar-refractivity contribution in [1.82, 2.24) is 5.32 Å². The Kier molecular flexibility index (Phi) is 6.74. The lowest BCUT2D eigenvalue weighted by molar-refractivity contribution is -0.122. The Morgan fingerprint density at radius 3 is 2.65 bits per heavy atom. The average Bonchev–Trinajstić information content (AvgIpc) is 2.19. The summed E-state index contributed by atoms with van der Waals surface area (Å²) in [4.78, 5) is 33.0. The molecule has 0 aromatic heterocycles. The van der Waals surface area contributed by atoms with E-state index in [9.17, 15) is 9.36 Å². The maximum absolute atomic E-state index is 11.2. The number of amidine groups is 1. The predicted octanol–water partition coefficient (Wildman–Crippen LogP) is -1.74. The molecule has 0 unspecified atom stereocenters. The number of nitrogens with zero attached hydrogens (tertiary/aromatic N) is 1. The highest BCUT2D eigenvalue weighted by molar-refractivity contribution is 7.51. The van der Waals surface area contributed by atoms with Gasteiger partial charge in [-0.2, -0.15) is 0 Å². The molecule has 0 aromatic carbocycles. The monoisotopic (exact) mass is 268 g/mol. The number of hydrogen-bond acceptors (Lipinski definition) is 5. The molecule has 0 heterocycles. The van der Waals surface area contributed by atoms with Crippen LogP contribution in [-0.4, -0.2) is 40.5 Å². The minimum absolute atomic E-state index is 0.0824. The fourth-order valence-electron chi connectivity index (χ4n) is 0.770. The van der Waals surface area contributed by atoms with Gasteiger partial charge in [0, 0.05) is 6.42 Å². The number of rotatable bonds is 7. The quantitative estimate of drug-likeness (QED) is 0.120. The van der Waals surface area contributed by atoms with Gasteiger partial charge in [-0.1, -0.05) is 5.16 Å². The number of carbonyl (C=O) groups excluding carboxylic acids is 1. The minimum Gasteiger partial charge on any atom is -0.394 e. The fourth-order valence-corrected chi connectivity index (χ4v) is 1.13. The number of nitrogens with two attached hydrogens (primary N) is 2. The van der Waals surface area contributed by atoms with Crippen LogP contribution in [0.15, 0.2) is 5.16 Å². The lowest BCUT2D eigenvalue weighted by atomic mass is 10.2. The van der Waals surface area contributed by atoms with Crippen LogP contribution in [-0.2, 0) is 14.2 Å². The summed E-state index contributed by atoms with van der Waals surface area (Å²) in [6.45, 7) is 1.62. The average molecular weight is 268 g/mol. The second-order valence-corrected chi connectivity index (χ2v) is 4.97. The van der Waals surface area contributed by atoms with E-state index in [-0.39, 0.29) is 18.9 Å². The van der Waals surface area contributed by atoms with Crippen LogP contribution in [0.25, 0.3) is 0 Å². The molecule has 17 heavy (non-hydrogen) atoms. The highest BCUT2D eigenvalue weighted by atomic mass is 31.2. The molecule has 9 nitrogen and oxygen atoms in total. The summed E-state index contributed by atoms with van der Waals surface area (Å²) in [5.74, 6) is -0.421. The van der Waals surface area contributed by atoms with Gasteiger partial charge in [0.1, 0.15) is 18.7 Å². The van der Waals surface area contributed by atoms with Crippen LogP contribution in [0, 0.1) is 0 Å². The first-order valence-corrected chi connectivity index (χ1v) is 6.52. The van der Waals surface area contributed by atoms with Crippen molar-refractivity contribution in [3.05, 3.63) is 0 Å². The van der Waals surface area contributed by atoms with E-state index in [1.54, 1.807) is 0 Å². The van der Waals surface area contributed by atoms with Crippen molar-refractivity contribution in [3.8, 4) is 0 Å². The zero-order chi connectivity index (χ0) is 13.5. The summed E-state index contributed by atoms with van der Waals surface area (Å²) in [6, 6.07) is -0.921. The summed E-state index contributed by atoms with van der Waals surface area (Å²) >= 11 is 0. The number of amides is 1. The molecule has 0 aromatic rings. The Bertz CT molecular complexity index is 324. The van der Waals surface area contributed by atoms with Crippen LogP contribution in [0.5, 0.6) is 0 Å². The molecular formula is C7H17N4O5P. The van der Waals surface area contributed by atoms with Gasteiger partial charge in [0.15, 0.2) is 0 Å². The van der Waals surface area contributed by atoms with Gasteiger partial charge in [0.25, 0.3) is 0 Å². The van der Waals surface area contributed by atoms with Gasteiger partial charge in [0.2, 0.25) is 5.91 Å². The largest absolute Gasteiger partial charge is 0.394 e. The third-order valence-corrected chi connectivity index (χ3v) is 2.09. The van der Waals surface area contributed by atoms with Gasteiger partial charge < -0.3 is 31.4 Å². The number of oxime groups is 1. The van der Waals surface area contributed by atoms with Gasteiger partial charge in [0.05, 0.1) is 6.04 Å². The van der Waals surface area contributed by atoms with Gasteiger partial charge in [-0.25, -0.2) is 0 Å². The van der Waals surface area contributed by atoms with Crippen molar-refractivity contribution in [2.75, 3.05) is 12.9 Å². The van der Waals surface area contributed by atoms with Gasteiger partial charge in [-0.15, -0.1) is 0 Å². The maximum Gasteiger partial charge on any atom is 0.344 e. The zero-order valence-corrected chi connectivity index (χ0v) is 10.3. The second kappa shape index (κ2) is 7.23. The predicted molar refractivity (Wildman–Crippen MR) is 60.9 cm³/mol. The van der Waals surface area contributed by atoms with E-state index in [2.05, 4.69) is 5.16 Å². The summed E-state index contributed by atoms with van der Waals surface area (Å²) in [5, 5.41) is 5.45. The van der Waals surface area contributed by atoms with Crippen molar-refractivity contribution in [2.24, 2.45) is 16.6 Å². The molecule has 0 aliphatic rings. The van der Waals surface area contributed by atoms with Crippen LogP contribution < -0.4 is 16.8 Å². The van der Waals surface area contributed by atoms with Crippen molar-refractivity contribution in [1.29, 1.82) is 0 Å². The van der Waals surface area contributed by atoms with E-state index in [0.29, 0.717) is 0 Å². The van der Waals surface area contributed by atoms with Crippen LogP contribution in [0.4, 0.5) is 0 Å². The summed E-state index contributed by atoms with van der Waals surface area (Å²) in [5.41, 5.74) is 10.6. The molecule has 1 amide bonds. The van der Waals surface area contributed by atoms with Crippen LogP contribution >= 0.6 is 7.60 Å². The molecule has 0 saturated carbocycles. The van der Waals surface area contributed by atoms with E-state index in [1.807, 2.05) is 5.32 Å². The lowest BCUT2D eigenvalue weighted by Crippen LogP contribution is -2.41. The Morgan fingerprint density at radius 1 is 1.59 bits per heavy atom. The first kappa shape index (κ1) is 15.9. The van der Waals surface area contributed by atoms with Crippen molar-refractivity contribution in [3.63, 3.8) is 0 Å². The summed E-state index contributed by atoms with van der Waals surface area (Å²) in [7, 11) is -4.26. The van der Waals surface area contributed by atoms with Crippen molar-refractivity contribution < 1.29 is 24.0 Å². The highest BCUT2D eigenvalue weighted by Gasteiger charge is 2.18. The highest BCUT2D eigenvalue weighted by Crippen LogP contribution is 2.31. The van der Waals surface area contributed by atoms with Crippen LogP contribution in [0.1, 0.15) is 13.3 Å². The van der Waals surface area contributed by atoms with Gasteiger partial charge in [-0.05, 0) is 6.92 Å². The number of carbonyl (C=O) groups is 1. The number of hydrogen-bond donors (Lipinski definition) is 5. The maximum atomic E-state index is 11.2. The molecule has 1 atom stereocenters. The molecular weight excluding hydrogens is 251 g/mol. The van der Waals surface area contributed by atoms with Gasteiger partial charge in [-0.3, -0.25) is 9.36 Å². The first-order valence-electron chi connectivity index (χ1n) is 4.72. The van der Waals surface area contributed by atoms with E-state index in [0.717, 1.165) is 0 Å². The van der Waals surface area contributed by atoms with E-state index < -0.39 is 25.8 Å². The zero-order valence-electron chi connectivity index (χ0n) is 9.37. The molecule has 0 rings (SSSR count). The molecule has 0 fully saturated rings. The smallest absolute Gasteiger partial charge is 0.344 e. The minimum atomic E-state index is -4.26. The SMILES string of the molecule is C/C(N)=N/OCC[C@H](N)C(=O)NCP(=O)(O)O. The van der Waals surface area contributed by atoms with Crippen LogP contribution in [0.3, 0.4) is 0 Å². The first-order chi connectivity index (χ1) is 7.72. The molecule has 7 N–H and O–H groups in total. The lowest BCUT2D eigenvalue weighted by Gasteiger charge is -2.11.